The second-order valence-electron chi connectivity index (χ2n) is 14.7. The summed E-state index contributed by atoms with van der Waals surface area (Å²) in [5, 5.41) is 8.48. The molecule has 3 N–H and O–H groups in total. The molecule has 0 heterocycles. The Bertz CT molecular complexity index is 1450. The van der Waals surface area contributed by atoms with E-state index in [1.807, 2.05) is 76.2 Å². The van der Waals surface area contributed by atoms with E-state index in [1.165, 1.54) is 11.8 Å². The van der Waals surface area contributed by atoms with E-state index in [1.54, 1.807) is 27.8 Å². The van der Waals surface area contributed by atoms with Crippen molar-refractivity contribution in [3.05, 3.63) is 65.2 Å². The Balaban J connectivity index is 2.06. The number of esters is 1. The Hall–Kier alpha value is -4.61. The van der Waals surface area contributed by atoms with Crippen LogP contribution in [0.15, 0.2) is 48.5 Å². The van der Waals surface area contributed by atoms with Crippen molar-refractivity contribution in [2.45, 2.75) is 124 Å². The summed E-state index contributed by atoms with van der Waals surface area (Å²) in [6, 6.07) is 13.5. The topological polar surface area (TPSA) is 152 Å². The first-order valence-electron chi connectivity index (χ1n) is 17.6. The molecule has 0 aliphatic heterocycles. The van der Waals surface area contributed by atoms with E-state index in [4.69, 9.17) is 14.2 Å². The average molecular weight is 711 g/mol. The third-order valence-corrected chi connectivity index (χ3v) is 7.57. The van der Waals surface area contributed by atoms with Gasteiger partial charge < -0.3 is 35.1 Å². The highest BCUT2D eigenvalue weighted by Gasteiger charge is 2.27. The van der Waals surface area contributed by atoms with Gasteiger partial charge in [-0.3, -0.25) is 19.2 Å². The molecule has 0 aliphatic rings. The highest BCUT2D eigenvalue weighted by molar-refractivity contribution is 5.91. The molecule has 2 rings (SSSR count). The standard InChI is InChI=1S/C39H58N4O8/c1-27-19-21-31(49-24-14-23-43(9)37(48)51-39(6,7)8)25-30(27)26-40-35(46)33(22-20-29-15-11-10-12-16-29)42-36(47)32(41-28(2)44)17-13-18-34(45)50-38(3,4)5/h10-12,15-16,19,21,25,32-33H,13-14,17-18,20,22-24,26H2,1-9H3,(H,40,46)(H,41,44)(H,42,47)/t32-,33-/m0/s1. The Morgan fingerprint density at radius 2 is 1.45 bits per heavy atom. The lowest BCUT2D eigenvalue weighted by Gasteiger charge is -2.24. The van der Waals surface area contributed by atoms with Crippen LogP contribution in [0.4, 0.5) is 4.79 Å². The van der Waals surface area contributed by atoms with Crippen LogP contribution in [0.5, 0.6) is 5.75 Å². The minimum Gasteiger partial charge on any atom is -0.494 e. The first-order chi connectivity index (χ1) is 23.8. The predicted octanol–water partition coefficient (Wildman–Crippen LogP) is 5.38. The van der Waals surface area contributed by atoms with Gasteiger partial charge in [-0.2, -0.15) is 0 Å². The molecule has 0 unspecified atom stereocenters. The fourth-order valence-corrected chi connectivity index (χ4v) is 5.01. The van der Waals surface area contributed by atoms with Crippen molar-refractivity contribution in [3.8, 4) is 5.75 Å². The van der Waals surface area contributed by atoms with Crippen molar-refractivity contribution in [1.82, 2.24) is 20.9 Å². The molecule has 12 heteroatoms. The number of rotatable bonds is 18. The number of carbonyl (C=O) groups excluding carboxylic acids is 5. The number of amides is 4. The number of carbonyl (C=O) groups is 5. The van der Waals surface area contributed by atoms with Gasteiger partial charge >= 0.3 is 12.1 Å². The highest BCUT2D eigenvalue weighted by atomic mass is 16.6. The number of aryl methyl sites for hydroxylation is 2. The number of nitrogens with zero attached hydrogens (tertiary/aromatic N) is 1. The quantitative estimate of drug-likeness (QED) is 0.138. The number of hydrogen-bond acceptors (Lipinski definition) is 8. The third kappa shape index (κ3) is 17.7. The molecule has 282 valence electrons. The van der Waals surface area contributed by atoms with Crippen LogP contribution in [0.25, 0.3) is 0 Å². The third-order valence-electron chi connectivity index (χ3n) is 7.57. The van der Waals surface area contributed by atoms with Gasteiger partial charge in [-0.05, 0) is 109 Å². The largest absolute Gasteiger partial charge is 0.494 e. The predicted molar refractivity (Wildman–Crippen MR) is 196 cm³/mol. The molecule has 12 nitrogen and oxygen atoms in total. The lowest BCUT2D eigenvalue weighted by molar-refractivity contribution is -0.155. The number of ether oxygens (including phenoxy) is 3. The summed E-state index contributed by atoms with van der Waals surface area (Å²) in [7, 11) is 1.68. The smallest absolute Gasteiger partial charge is 0.410 e. The molecule has 2 atom stereocenters. The van der Waals surface area contributed by atoms with Gasteiger partial charge in [0.25, 0.3) is 0 Å². The summed E-state index contributed by atoms with van der Waals surface area (Å²) in [4.78, 5) is 65.0. The molecule has 0 bridgehead atoms. The second kappa shape index (κ2) is 20.3. The van der Waals surface area contributed by atoms with Crippen molar-refractivity contribution in [2.24, 2.45) is 0 Å². The monoisotopic (exact) mass is 710 g/mol. The fraction of sp³-hybridized carbons (Fsp3) is 0.564. The molecule has 0 fully saturated rings. The van der Waals surface area contributed by atoms with E-state index in [-0.39, 0.29) is 31.3 Å². The van der Waals surface area contributed by atoms with E-state index in [9.17, 15) is 24.0 Å². The molecule has 51 heavy (non-hydrogen) atoms. The van der Waals surface area contributed by atoms with E-state index in [2.05, 4.69) is 16.0 Å². The van der Waals surface area contributed by atoms with Crippen molar-refractivity contribution in [1.29, 1.82) is 0 Å². The van der Waals surface area contributed by atoms with Crippen LogP contribution < -0.4 is 20.7 Å². The van der Waals surface area contributed by atoms with Crippen LogP contribution in [0.1, 0.15) is 97.3 Å². The van der Waals surface area contributed by atoms with Gasteiger partial charge in [-0.1, -0.05) is 36.4 Å². The van der Waals surface area contributed by atoms with Crippen molar-refractivity contribution >= 4 is 29.8 Å². The first kappa shape index (κ1) is 42.6. The maximum absolute atomic E-state index is 13.6. The summed E-state index contributed by atoms with van der Waals surface area (Å²) >= 11 is 0. The zero-order valence-corrected chi connectivity index (χ0v) is 31.9. The molecular formula is C39H58N4O8. The molecule has 0 saturated carbocycles. The van der Waals surface area contributed by atoms with Gasteiger partial charge in [0.1, 0.15) is 29.0 Å². The van der Waals surface area contributed by atoms with Gasteiger partial charge in [0, 0.05) is 33.5 Å². The van der Waals surface area contributed by atoms with Crippen LogP contribution in [-0.4, -0.2) is 78.2 Å². The van der Waals surface area contributed by atoms with Crippen LogP contribution in [0, 0.1) is 6.92 Å². The summed E-state index contributed by atoms with van der Waals surface area (Å²) in [6.07, 6.45) is 1.66. The summed E-state index contributed by atoms with van der Waals surface area (Å²) in [5.41, 5.74) is 1.62. The number of benzene rings is 2. The molecule has 0 saturated heterocycles. The maximum atomic E-state index is 13.6. The zero-order chi connectivity index (χ0) is 38.2. The maximum Gasteiger partial charge on any atom is 0.410 e. The van der Waals surface area contributed by atoms with Gasteiger partial charge in [-0.25, -0.2) is 4.79 Å². The van der Waals surface area contributed by atoms with E-state index < -0.39 is 41.2 Å². The Kier molecular flexibility index (Phi) is 16.9. The number of hydrogen-bond donors (Lipinski definition) is 3. The molecule has 4 amide bonds. The molecule has 0 aliphatic carbocycles. The van der Waals surface area contributed by atoms with Gasteiger partial charge in [0.05, 0.1) is 6.61 Å². The number of nitrogens with one attached hydrogen (secondary N) is 3. The van der Waals surface area contributed by atoms with Crippen molar-refractivity contribution in [2.75, 3.05) is 20.2 Å². The SMILES string of the molecule is CC(=O)N[C@@H](CCCC(=O)OC(C)(C)C)C(=O)N[C@@H](CCc1ccccc1)C(=O)NCc1cc(OCCCN(C)C(=O)OC(C)(C)C)ccc1C. The van der Waals surface area contributed by atoms with Crippen LogP contribution in [0.2, 0.25) is 0 Å². The first-order valence-corrected chi connectivity index (χ1v) is 17.6. The van der Waals surface area contributed by atoms with Crippen molar-refractivity contribution in [3.63, 3.8) is 0 Å². The molecule has 2 aromatic carbocycles. The fourth-order valence-electron chi connectivity index (χ4n) is 5.01. The van der Waals surface area contributed by atoms with Gasteiger partial charge in [0.2, 0.25) is 17.7 Å². The summed E-state index contributed by atoms with van der Waals surface area (Å²) in [5.74, 6) is -1.04. The summed E-state index contributed by atoms with van der Waals surface area (Å²) in [6.45, 7) is 15.1. The van der Waals surface area contributed by atoms with Gasteiger partial charge in [0.15, 0.2) is 0 Å². The zero-order valence-electron chi connectivity index (χ0n) is 31.9. The van der Waals surface area contributed by atoms with Crippen molar-refractivity contribution < 1.29 is 38.2 Å². The molecule has 2 aromatic rings. The van der Waals surface area contributed by atoms with E-state index in [0.717, 1.165) is 16.7 Å². The van der Waals surface area contributed by atoms with E-state index in [0.29, 0.717) is 44.6 Å². The molecular weight excluding hydrogens is 652 g/mol. The lowest BCUT2D eigenvalue weighted by atomic mass is 10.0. The lowest BCUT2D eigenvalue weighted by Crippen LogP contribution is -2.53. The second-order valence-corrected chi connectivity index (χ2v) is 14.7. The molecule has 0 aromatic heterocycles. The normalized spacial score (nSPS) is 12.6. The van der Waals surface area contributed by atoms with Gasteiger partial charge in [-0.15, -0.1) is 0 Å². The minimum absolute atomic E-state index is 0.0871. The van der Waals surface area contributed by atoms with Crippen LogP contribution in [0.3, 0.4) is 0 Å². The van der Waals surface area contributed by atoms with Crippen LogP contribution in [-0.2, 0) is 41.6 Å². The minimum atomic E-state index is -0.933. The Morgan fingerprint density at radius 1 is 0.804 bits per heavy atom. The summed E-state index contributed by atoms with van der Waals surface area (Å²) < 4.78 is 16.7. The highest BCUT2D eigenvalue weighted by Crippen LogP contribution is 2.19. The molecule has 0 radical (unpaired) electrons. The van der Waals surface area contributed by atoms with Crippen LogP contribution >= 0.6 is 0 Å². The Labute approximate surface area is 303 Å². The Morgan fingerprint density at radius 3 is 2.08 bits per heavy atom. The van der Waals surface area contributed by atoms with E-state index >= 15 is 0 Å². The average Bonchev–Trinajstić information content (AvgIpc) is 3.02. The molecule has 0 spiro atoms.